The molecule has 0 aromatic heterocycles. The summed E-state index contributed by atoms with van der Waals surface area (Å²) in [5.41, 5.74) is 1.62. The molecule has 146 valence electrons. The maximum absolute atomic E-state index is 12.6. The molecule has 8 heteroatoms. The Morgan fingerprint density at radius 1 is 1.14 bits per heavy atom. The standard InChI is InChI=1S/C20H20N2O4S2/c1-26-17-10-6-5-9-15(17)22-16-12-28(24,25)13-18(16)27-20(22)21-19(23)11-14-7-3-2-4-8-14/h2-10,16,18H,11-13H2,1H3/t16-,18+/m1/s1. The van der Waals surface area contributed by atoms with E-state index in [1.165, 1.54) is 11.8 Å². The SMILES string of the molecule is COc1ccccc1N1C(=NC(=O)Cc2ccccc2)S[C@H]2CS(=O)(=O)C[C@H]21. The predicted molar refractivity (Wildman–Crippen MR) is 112 cm³/mol. The summed E-state index contributed by atoms with van der Waals surface area (Å²) in [6.45, 7) is 0. The van der Waals surface area contributed by atoms with Gasteiger partial charge in [-0.25, -0.2) is 8.42 Å². The zero-order valence-electron chi connectivity index (χ0n) is 15.3. The summed E-state index contributed by atoms with van der Waals surface area (Å²) in [7, 11) is -1.54. The number of hydrogen-bond donors (Lipinski definition) is 0. The monoisotopic (exact) mass is 416 g/mol. The molecule has 2 fully saturated rings. The van der Waals surface area contributed by atoms with Crippen LogP contribution in [-0.2, 0) is 21.1 Å². The van der Waals surface area contributed by atoms with Gasteiger partial charge in [0.2, 0.25) is 0 Å². The fraction of sp³-hybridized carbons (Fsp3) is 0.300. The van der Waals surface area contributed by atoms with Crippen molar-refractivity contribution in [1.29, 1.82) is 0 Å². The number of ether oxygens (including phenoxy) is 1. The number of para-hydroxylation sites is 2. The minimum absolute atomic E-state index is 0.0502. The molecule has 2 atom stereocenters. The summed E-state index contributed by atoms with van der Waals surface area (Å²) in [6.07, 6.45) is 0.207. The second kappa shape index (κ2) is 7.60. The molecule has 2 aromatic rings. The van der Waals surface area contributed by atoms with Crippen molar-refractivity contribution in [2.24, 2.45) is 4.99 Å². The van der Waals surface area contributed by atoms with Gasteiger partial charge in [-0.3, -0.25) is 4.79 Å². The van der Waals surface area contributed by atoms with E-state index in [0.29, 0.717) is 10.9 Å². The number of anilines is 1. The summed E-state index contributed by atoms with van der Waals surface area (Å²) in [5, 5.41) is 0.397. The number of thioether (sulfide) groups is 1. The third kappa shape index (κ3) is 3.79. The van der Waals surface area contributed by atoms with E-state index < -0.39 is 9.84 Å². The Morgan fingerprint density at radius 3 is 2.61 bits per heavy atom. The van der Waals surface area contributed by atoms with Crippen LogP contribution in [0, 0.1) is 0 Å². The molecule has 0 radical (unpaired) electrons. The molecule has 0 N–H and O–H groups in total. The lowest BCUT2D eigenvalue weighted by Crippen LogP contribution is -2.38. The summed E-state index contributed by atoms with van der Waals surface area (Å²) in [5.74, 6) is 0.516. The molecule has 4 rings (SSSR count). The van der Waals surface area contributed by atoms with E-state index in [1.807, 2.05) is 59.5 Å². The quantitative estimate of drug-likeness (QED) is 0.762. The third-order valence-corrected chi connectivity index (χ3v) is 8.04. The first-order chi connectivity index (χ1) is 13.5. The number of rotatable bonds is 4. The van der Waals surface area contributed by atoms with E-state index in [4.69, 9.17) is 4.74 Å². The van der Waals surface area contributed by atoms with Gasteiger partial charge in [-0.15, -0.1) is 0 Å². The van der Waals surface area contributed by atoms with E-state index in [2.05, 4.69) is 4.99 Å². The Kier molecular flexibility index (Phi) is 5.16. The molecule has 0 aliphatic carbocycles. The summed E-state index contributed by atoms with van der Waals surface area (Å²) >= 11 is 1.36. The number of aliphatic imine (C=N–C) groups is 1. The van der Waals surface area contributed by atoms with E-state index in [0.717, 1.165) is 11.3 Å². The van der Waals surface area contributed by atoms with Gasteiger partial charge in [-0.2, -0.15) is 4.99 Å². The first-order valence-corrected chi connectivity index (χ1v) is 11.6. The molecule has 1 amide bonds. The number of sulfone groups is 1. The van der Waals surface area contributed by atoms with Gasteiger partial charge < -0.3 is 9.64 Å². The van der Waals surface area contributed by atoms with Crippen LogP contribution in [0.2, 0.25) is 0 Å². The molecule has 28 heavy (non-hydrogen) atoms. The summed E-state index contributed by atoms with van der Waals surface area (Å²) < 4.78 is 29.8. The summed E-state index contributed by atoms with van der Waals surface area (Å²) in [4.78, 5) is 18.8. The second-order valence-corrected chi connectivity index (χ2v) is 10.2. The van der Waals surface area contributed by atoms with E-state index in [9.17, 15) is 13.2 Å². The first-order valence-electron chi connectivity index (χ1n) is 8.91. The Morgan fingerprint density at radius 2 is 1.86 bits per heavy atom. The van der Waals surface area contributed by atoms with Gasteiger partial charge in [0.1, 0.15) is 5.75 Å². The number of carbonyl (C=O) groups is 1. The fourth-order valence-electron chi connectivity index (χ4n) is 3.59. The van der Waals surface area contributed by atoms with Crippen molar-refractivity contribution in [3.05, 3.63) is 60.2 Å². The highest BCUT2D eigenvalue weighted by Gasteiger charge is 2.50. The normalized spacial score (nSPS) is 24.3. The highest BCUT2D eigenvalue weighted by atomic mass is 32.2. The highest BCUT2D eigenvalue weighted by molar-refractivity contribution is 8.16. The van der Waals surface area contributed by atoms with Crippen molar-refractivity contribution in [1.82, 2.24) is 0 Å². The van der Waals surface area contributed by atoms with Gasteiger partial charge in [-0.1, -0.05) is 54.2 Å². The van der Waals surface area contributed by atoms with Crippen molar-refractivity contribution in [3.8, 4) is 5.75 Å². The van der Waals surface area contributed by atoms with Gasteiger partial charge in [0, 0.05) is 5.25 Å². The molecule has 2 heterocycles. The van der Waals surface area contributed by atoms with Crippen LogP contribution in [0.3, 0.4) is 0 Å². The number of methoxy groups -OCH3 is 1. The maximum Gasteiger partial charge on any atom is 0.252 e. The zero-order valence-corrected chi connectivity index (χ0v) is 16.9. The number of amides is 1. The number of hydrogen-bond acceptors (Lipinski definition) is 5. The minimum atomic E-state index is -3.11. The van der Waals surface area contributed by atoms with Crippen LogP contribution in [0.4, 0.5) is 5.69 Å². The lowest BCUT2D eigenvalue weighted by atomic mass is 10.1. The highest BCUT2D eigenvalue weighted by Crippen LogP contribution is 2.43. The molecule has 2 aromatic carbocycles. The van der Waals surface area contributed by atoms with Gasteiger partial charge in [0.05, 0.1) is 36.8 Å². The van der Waals surface area contributed by atoms with Crippen LogP contribution < -0.4 is 9.64 Å². The van der Waals surface area contributed by atoms with Crippen LogP contribution in [-0.4, -0.2) is 49.4 Å². The lowest BCUT2D eigenvalue weighted by molar-refractivity contribution is -0.117. The molecular formula is C20H20N2O4S2. The van der Waals surface area contributed by atoms with Gasteiger partial charge >= 0.3 is 0 Å². The molecule has 0 bridgehead atoms. The molecule has 0 unspecified atom stereocenters. The zero-order chi connectivity index (χ0) is 19.7. The van der Waals surface area contributed by atoms with Crippen molar-refractivity contribution >= 4 is 38.4 Å². The lowest BCUT2D eigenvalue weighted by Gasteiger charge is -2.26. The largest absolute Gasteiger partial charge is 0.495 e. The predicted octanol–water partition coefficient (Wildman–Crippen LogP) is 2.54. The molecule has 6 nitrogen and oxygen atoms in total. The van der Waals surface area contributed by atoms with Crippen LogP contribution in [0.5, 0.6) is 5.75 Å². The van der Waals surface area contributed by atoms with Crippen molar-refractivity contribution < 1.29 is 17.9 Å². The van der Waals surface area contributed by atoms with E-state index in [1.54, 1.807) is 7.11 Å². The Balaban J connectivity index is 1.68. The van der Waals surface area contributed by atoms with Crippen LogP contribution in [0.1, 0.15) is 5.56 Å². The van der Waals surface area contributed by atoms with Crippen molar-refractivity contribution in [3.63, 3.8) is 0 Å². The molecule has 0 spiro atoms. The van der Waals surface area contributed by atoms with Crippen LogP contribution >= 0.6 is 11.8 Å². The number of amidine groups is 1. The number of nitrogens with zero attached hydrogens (tertiary/aromatic N) is 2. The Hall–Kier alpha value is -2.32. The maximum atomic E-state index is 12.6. The number of fused-ring (bicyclic) bond motifs is 1. The average molecular weight is 417 g/mol. The second-order valence-electron chi connectivity index (χ2n) is 6.79. The molecule has 0 saturated carbocycles. The van der Waals surface area contributed by atoms with Gasteiger partial charge in [0.25, 0.3) is 5.91 Å². The van der Waals surface area contributed by atoms with Crippen molar-refractivity contribution in [2.75, 3.05) is 23.5 Å². The minimum Gasteiger partial charge on any atom is -0.495 e. The van der Waals surface area contributed by atoms with Crippen LogP contribution in [0.25, 0.3) is 0 Å². The molecule has 2 aliphatic rings. The van der Waals surface area contributed by atoms with Gasteiger partial charge in [-0.05, 0) is 17.7 Å². The molecular weight excluding hydrogens is 396 g/mol. The van der Waals surface area contributed by atoms with Crippen LogP contribution in [0.15, 0.2) is 59.6 Å². The third-order valence-electron chi connectivity index (χ3n) is 4.83. The van der Waals surface area contributed by atoms with Gasteiger partial charge in [0.15, 0.2) is 15.0 Å². The van der Waals surface area contributed by atoms with E-state index in [-0.39, 0.29) is 35.1 Å². The smallest absolute Gasteiger partial charge is 0.252 e. The van der Waals surface area contributed by atoms with Crippen molar-refractivity contribution in [2.45, 2.75) is 17.7 Å². The Bertz CT molecular complexity index is 1020. The van der Waals surface area contributed by atoms with E-state index >= 15 is 0 Å². The topological polar surface area (TPSA) is 76.0 Å². The number of benzene rings is 2. The Labute approximate surface area is 168 Å². The molecule has 2 aliphatic heterocycles. The average Bonchev–Trinajstić information content (AvgIpc) is 3.13. The fourth-order valence-corrected chi connectivity index (χ4v) is 7.52. The summed E-state index contributed by atoms with van der Waals surface area (Å²) in [6, 6.07) is 16.6. The molecule has 2 saturated heterocycles. The first kappa shape index (κ1) is 19.0. The number of carbonyl (C=O) groups excluding carboxylic acids is 1.